The Bertz CT molecular complexity index is 693. The molecule has 0 aliphatic heterocycles. The maximum Gasteiger partial charge on any atom is 0.175 e. The highest BCUT2D eigenvalue weighted by Gasteiger charge is 2.19. The highest BCUT2D eigenvalue weighted by atomic mass is 32.2. The van der Waals surface area contributed by atoms with Gasteiger partial charge in [-0.15, -0.1) is 0 Å². The Labute approximate surface area is 105 Å². The number of benzene rings is 1. The van der Waals surface area contributed by atoms with Crippen molar-refractivity contribution in [1.29, 1.82) is 5.26 Å². The topological polar surface area (TPSA) is 75.0 Å². The molecule has 92 valence electrons. The smallest absolute Gasteiger partial charge is 0.175 e. The molecule has 1 aliphatic rings. The molecule has 0 atom stereocenters. The first-order chi connectivity index (χ1) is 8.41. The van der Waals surface area contributed by atoms with Gasteiger partial charge >= 0.3 is 0 Å². The molecule has 0 heterocycles. The van der Waals surface area contributed by atoms with Crippen molar-refractivity contribution < 1.29 is 13.2 Å². The van der Waals surface area contributed by atoms with Crippen molar-refractivity contribution in [3.63, 3.8) is 0 Å². The summed E-state index contributed by atoms with van der Waals surface area (Å²) in [6.45, 7) is 0. The zero-order valence-corrected chi connectivity index (χ0v) is 10.6. The number of fused-ring (bicyclic) bond motifs is 1. The Hall–Kier alpha value is -1.93. The number of rotatable bonds is 3. The number of allylic oxidation sites excluding steroid dienone is 1. The van der Waals surface area contributed by atoms with Gasteiger partial charge in [0.2, 0.25) is 0 Å². The van der Waals surface area contributed by atoms with Crippen LogP contribution in [0, 0.1) is 11.3 Å². The van der Waals surface area contributed by atoms with Crippen LogP contribution < -0.4 is 0 Å². The lowest BCUT2D eigenvalue weighted by atomic mass is 10.1. The van der Waals surface area contributed by atoms with E-state index in [2.05, 4.69) is 0 Å². The fourth-order valence-corrected chi connectivity index (χ4v) is 2.56. The molecule has 0 unspecified atom stereocenters. The van der Waals surface area contributed by atoms with Crippen LogP contribution in [0.5, 0.6) is 0 Å². The quantitative estimate of drug-likeness (QED) is 0.826. The molecule has 0 fully saturated rings. The van der Waals surface area contributed by atoms with Gasteiger partial charge in [-0.2, -0.15) is 5.26 Å². The van der Waals surface area contributed by atoms with Crippen molar-refractivity contribution in [2.45, 2.75) is 17.7 Å². The fraction of sp³-hybridized carbons (Fsp3) is 0.231. The van der Waals surface area contributed by atoms with Crippen LogP contribution in [0.15, 0.2) is 28.7 Å². The van der Waals surface area contributed by atoms with Crippen molar-refractivity contribution in [3.8, 4) is 6.07 Å². The van der Waals surface area contributed by atoms with E-state index in [9.17, 15) is 13.2 Å². The molecule has 1 aromatic carbocycles. The predicted octanol–water partition coefficient (Wildman–Crippen LogP) is 1.51. The minimum absolute atomic E-state index is 0.140. The summed E-state index contributed by atoms with van der Waals surface area (Å²) < 4.78 is 22.8. The van der Waals surface area contributed by atoms with E-state index in [0.717, 1.165) is 17.4 Å². The van der Waals surface area contributed by atoms with Gasteiger partial charge in [-0.05, 0) is 29.3 Å². The second-order valence-electron chi connectivity index (χ2n) is 4.24. The SMILES string of the molecule is CS(=O)(=O)c1ccc2c(c1)C=C(C(=O)CC#N)C2. The highest BCUT2D eigenvalue weighted by Crippen LogP contribution is 2.28. The number of nitriles is 1. The van der Waals surface area contributed by atoms with E-state index in [4.69, 9.17) is 5.26 Å². The normalized spacial score (nSPS) is 13.7. The number of nitrogens with zero attached hydrogens (tertiary/aromatic N) is 1. The summed E-state index contributed by atoms with van der Waals surface area (Å²) in [7, 11) is -3.24. The van der Waals surface area contributed by atoms with Crippen molar-refractivity contribution >= 4 is 21.7 Å². The van der Waals surface area contributed by atoms with Crippen LogP contribution in [0.2, 0.25) is 0 Å². The summed E-state index contributed by atoms with van der Waals surface area (Å²) in [4.78, 5) is 11.8. The summed E-state index contributed by atoms with van der Waals surface area (Å²) in [5, 5.41) is 8.49. The molecule has 5 heteroatoms. The molecule has 0 N–H and O–H groups in total. The van der Waals surface area contributed by atoms with Crippen molar-refractivity contribution in [2.75, 3.05) is 6.26 Å². The third-order valence-corrected chi connectivity index (χ3v) is 3.96. The van der Waals surface area contributed by atoms with E-state index >= 15 is 0 Å². The van der Waals surface area contributed by atoms with Crippen molar-refractivity contribution in [1.82, 2.24) is 0 Å². The minimum atomic E-state index is -3.24. The van der Waals surface area contributed by atoms with Crippen molar-refractivity contribution in [3.05, 3.63) is 34.9 Å². The fourth-order valence-electron chi connectivity index (χ4n) is 1.91. The van der Waals surface area contributed by atoms with E-state index in [-0.39, 0.29) is 17.1 Å². The number of carbonyl (C=O) groups is 1. The second kappa shape index (κ2) is 4.39. The van der Waals surface area contributed by atoms with Crippen LogP contribution in [-0.2, 0) is 21.1 Å². The van der Waals surface area contributed by atoms with E-state index in [1.54, 1.807) is 24.3 Å². The summed E-state index contributed by atoms with van der Waals surface area (Å²) in [5.41, 5.74) is 2.24. The zero-order chi connectivity index (χ0) is 13.3. The predicted molar refractivity (Wildman–Crippen MR) is 66.5 cm³/mol. The molecule has 0 radical (unpaired) electrons. The lowest BCUT2D eigenvalue weighted by molar-refractivity contribution is -0.114. The standard InChI is InChI=1S/C13H11NO3S/c1-18(16,17)12-3-2-9-6-11(7-10(9)8-12)13(15)4-5-14/h2-3,7-8H,4,6H2,1H3. The molecule has 0 bridgehead atoms. The summed E-state index contributed by atoms with van der Waals surface area (Å²) in [6.07, 6.45) is 3.15. The number of Topliss-reactive ketones (excluding diaryl/α,β-unsaturated/α-hetero) is 1. The number of carbonyl (C=O) groups excluding carboxylic acids is 1. The summed E-state index contributed by atoms with van der Waals surface area (Å²) in [6, 6.07) is 6.65. The molecule has 1 aromatic rings. The summed E-state index contributed by atoms with van der Waals surface area (Å²) >= 11 is 0. The first kappa shape index (κ1) is 12.5. The molecule has 4 nitrogen and oxygen atoms in total. The Morgan fingerprint density at radius 1 is 1.44 bits per heavy atom. The molecule has 0 saturated carbocycles. The largest absolute Gasteiger partial charge is 0.293 e. The van der Waals surface area contributed by atoms with Gasteiger partial charge in [-0.25, -0.2) is 8.42 Å². The molecule has 0 aromatic heterocycles. The third kappa shape index (κ3) is 2.34. The lowest BCUT2D eigenvalue weighted by Crippen LogP contribution is -2.00. The Kier molecular flexibility index (Phi) is 3.05. The van der Waals surface area contributed by atoms with E-state index in [1.807, 2.05) is 6.07 Å². The molecule has 0 saturated heterocycles. The molecule has 18 heavy (non-hydrogen) atoms. The molecule has 0 amide bonds. The number of hydrogen-bond acceptors (Lipinski definition) is 4. The molecule has 0 spiro atoms. The van der Waals surface area contributed by atoms with Crippen LogP contribution >= 0.6 is 0 Å². The number of sulfone groups is 1. The monoisotopic (exact) mass is 261 g/mol. The van der Waals surface area contributed by atoms with Crippen LogP contribution in [0.4, 0.5) is 0 Å². The first-order valence-corrected chi connectivity index (χ1v) is 7.24. The Morgan fingerprint density at radius 3 is 2.78 bits per heavy atom. The van der Waals surface area contributed by atoms with Gasteiger partial charge in [0, 0.05) is 18.2 Å². The van der Waals surface area contributed by atoms with Crippen LogP contribution in [0.25, 0.3) is 6.08 Å². The van der Waals surface area contributed by atoms with E-state index in [0.29, 0.717) is 12.0 Å². The number of hydrogen-bond donors (Lipinski definition) is 0. The van der Waals surface area contributed by atoms with E-state index < -0.39 is 9.84 Å². The van der Waals surface area contributed by atoms with Gasteiger partial charge in [-0.1, -0.05) is 6.07 Å². The van der Waals surface area contributed by atoms with Crippen LogP contribution in [-0.4, -0.2) is 20.5 Å². The second-order valence-corrected chi connectivity index (χ2v) is 6.25. The van der Waals surface area contributed by atoms with Gasteiger partial charge in [0.05, 0.1) is 17.4 Å². The third-order valence-electron chi connectivity index (χ3n) is 2.85. The average molecular weight is 261 g/mol. The maximum absolute atomic E-state index is 11.6. The van der Waals surface area contributed by atoms with Crippen LogP contribution in [0.1, 0.15) is 17.5 Å². The Balaban J connectivity index is 2.38. The highest BCUT2D eigenvalue weighted by molar-refractivity contribution is 7.90. The molecule has 1 aliphatic carbocycles. The van der Waals surface area contributed by atoms with Gasteiger partial charge < -0.3 is 0 Å². The van der Waals surface area contributed by atoms with E-state index in [1.165, 1.54) is 0 Å². The van der Waals surface area contributed by atoms with Gasteiger partial charge in [0.25, 0.3) is 0 Å². The van der Waals surface area contributed by atoms with Gasteiger partial charge in [0.15, 0.2) is 15.6 Å². The maximum atomic E-state index is 11.6. The summed E-state index contributed by atoms with van der Waals surface area (Å²) in [5.74, 6) is -0.199. The molecular formula is C13H11NO3S. The van der Waals surface area contributed by atoms with Gasteiger partial charge in [0.1, 0.15) is 0 Å². The zero-order valence-electron chi connectivity index (χ0n) is 9.80. The Morgan fingerprint density at radius 2 is 2.17 bits per heavy atom. The number of ketones is 1. The molecular weight excluding hydrogens is 250 g/mol. The van der Waals surface area contributed by atoms with Gasteiger partial charge in [-0.3, -0.25) is 4.79 Å². The van der Waals surface area contributed by atoms with Crippen molar-refractivity contribution in [2.24, 2.45) is 0 Å². The first-order valence-electron chi connectivity index (χ1n) is 5.35. The average Bonchev–Trinajstić information content (AvgIpc) is 2.70. The van der Waals surface area contributed by atoms with Crippen LogP contribution in [0.3, 0.4) is 0 Å². The molecule has 2 rings (SSSR count). The minimum Gasteiger partial charge on any atom is -0.293 e. The lowest BCUT2D eigenvalue weighted by Gasteiger charge is -2.02.